The summed E-state index contributed by atoms with van der Waals surface area (Å²) >= 11 is 6.09. The van der Waals surface area contributed by atoms with Crippen molar-refractivity contribution in [2.24, 2.45) is 16.6 Å². The molecule has 19 heavy (non-hydrogen) atoms. The summed E-state index contributed by atoms with van der Waals surface area (Å²) in [5.41, 5.74) is 11.2. The number of carbonyl (C=O) groups is 1. The van der Waals surface area contributed by atoms with Crippen LogP contribution in [0.25, 0.3) is 0 Å². The van der Waals surface area contributed by atoms with Crippen molar-refractivity contribution in [1.29, 1.82) is 0 Å². The second kappa shape index (κ2) is 5.90. The lowest BCUT2D eigenvalue weighted by atomic mass is 10.0. The number of nitrogens with two attached hydrogens (primary N) is 2. The zero-order valence-corrected chi connectivity index (χ0v) is 11.5. The van der Waals surface area contributed by atoms with Crippen LogP contribution in [0.15, 0.2) is 23.4 Å². The fraction of sp³-hybridized carbons (Fsp3) is 0.333. The Morgan fingerprint density at radius 3 is 2.58 bits per heavy atom. The second-order valence-electron chi connectivity index (χ2n) is 4.63. The molecule has 1 aromatic rings. The molecule has 0 unspecified atom stereocenters. The molecule has 104 valence electrons. The van der Waals surface area contributed by atoms with E-state index in [0.717, 1.165) is 5.56 Å². The van der Waals surface area contributed by atoms with Crippen LogP contribution in [-0.4, -0.2) is 22.5 Å². The van der Waals surface area contributed by atoms with Crippen molar-refractivity contribution in [2.75, 3.05) is 0 Å². The minimum absolute atomic E-state index is 0.0149. The van der Waals surface area contributed by atoms with E-state index >= 15 is 0 Å². The minimum atomic E-state index is -0.826. The lowest BCUT2D eigenvalue weighted by Crippen LogP contribution is -2.50. The SMILES string of the molecule is CC(C)(NCc1ccc(/C(N)=N/O)cc1Cl)C(N)=O. The Morgan fingerprint density at radius 1 is 1.47 bits per heavy atom. The predicted molar refractivity (Wildman–Crippen MR) is 74.1 cm³/mol. The average Bonchev–Trinajstić information content (AvgIpc) is 2.36. The van der Waals surface area contributed by atoms with E-state index in [4.69, 9.17) is 28.3 Å². The molecule has 0 saturated carbocycles. The summed E-state index contributed by atoms with van der Waals surface area (Å²) in [5.74, 6) is -0.462. The van der Waals surface area contributed by atoms with Crippen LogP contribution in [0.5, 0.6) is 0 Å². The van der Waals surface area contributed by atoms with E-state index in [1.807, 2.05) is 0 Å². The number of nitrogens with one attached hydrogen (secondary N) is 1. The topological polar surface area (TPSA) is 114 Å². The smallest absolute Gasteiger partial charge is 0.237 e. The summed E-state index contributed by atoms with van der Waals surface area (Å²) in [6.07, 6.45) is 0. The molecule has 0 aliphatic rings. The number of hydrogen-bond acceptors (Lipinski definition) is 4. The highest BCUT2D eigenvalue weighted by Crippen LogP contribution is 2.18. The van der Waals surface area contributed by atoms with Gasteiger partial charge in [0.2, 0.25) is 5.91 Å². The maximum atomic E-state index is 11.2. The quantitative estimate of drug-likeness (QED) is 0.277. The van der Waals surface area contributed by atoms with Crippen molar-refractivity contribution in [2.45, 2.75) is 25.9 Å². The standard InChI is InChI=1S/C12H17ClN4O2/c1-12(2,11(15)18)16-6-8-4-3-7(5-9(8)13)10(14)17-19/h3-5,16,19H,6H2,1-2H3,(H2,14,17)(H2,15,18). The summed E-state index contributed by atoms with van der Waals surface area (Å²) in [6.45, 7) is 3.76. The molecule has 6 nitrogen and oxygen atoms in total. The van der Waals surface area contributed by atoms with E-state index in [1.54, 1.807) is 32.0 Å². The van der Waals surface area contributed by atoms with Gasteiger partial charge in [0.25, 0.3) is 0 Å². The van der Waals surface area contributed by atoms with Crippen molar-refractivity contribution in [3.05, 3.63) is 34.3 Å². The van der Waals surface area contributed by atoms with E-state index < -0.39 is 11.4 Å². The van der Waals surface area contributed by atoms with Crippen LogP contribution in [0, 0.1) is 0 Å². The molecule has 0 aliphatic carbocycles. The molecule has 0 aromatic heterocycles. The van der Waals surface area contributed by atoms with E-state index in [9.17, 15) is 4.79 Å². The van der Waals surface area contributed by atoms with Crippen LogP contribution in [0.4, 0.5) is 0 Å². The molecule has 0 radical (unpaired) electrons. The number of hydrogen-bond donors (Lipinski definition) is 4. The number of amidine groups is 1. The number of benzene rings is 1. The van der Waals surface area contributed by atoms with Crippen molar-refractivity contribution in [3.63, 3.8) is 0 Å². The van der Waals surface area contributed by atoms with Crippen LogP contribution >= 0.6 is 11.6 Å². The Kier molecular flexibility index (Phi) is 4.74. The first kappa shape index (κ1) is 15.3. The van der Waals surface area contributed by atoms with Gasteiger partial charge >= 0.3 is 0 Å². The number of nitrogens with zero attached hydrogens (tertiary/aromatic N) is 1. The molecule has 0 aliphatic heterocycles. The maximum absolute atomic E-state index is 11.2. The largest absolute Gasteiger partial charge is 0.409 e. The Hall–Kier alpha value is -1.79. The van der Waals surface area contributed by atoms with E-state index in [-0.39, 0.29) is 5.84 Å². The van der Waals surface area contributed by atoms with Crippen LogP contribution in [0.3, 0.4) is 0 Å². The van der Waals surface area contributed by atoms with Crippen molar-refractivity contribution in [1.82, 2.24) is 5.32 Å². The first-order chi connectivity index (χ1) is 8.77. The van der Waals surface area contributed by atoms with Gasteiger partial charge in [-0.05, 0) is 25.5 Å². The van der Waals surface area contributed by atoms with Gasteiger partial charge in [0.05, 0.1) is 5.54 Å². The molecular weight excluding hydrogens is 268 g/mol. The third kappa shape index (κ3) is 3.84. The Balaban J connectivity index is 2.84. The monoisotopic (exact) mass is 284 g/mol. The predicted octanol–water partition coefficient (Wildman–Crippen LogP) is 0.788. The summed E-state index contributed by atoms with van der Waals surface area (Å²) < 4.78 is 0. The third-order valence-corrected chi connectivity index (χ3v) is 3.15. The molecule has 0 bridgehead atoms. The van der Waals surface area contributed by atoms with Gasteiger partial charge in [-0.2, -0.15) is 0 Å². The number of rotatable bonds is 5. The number of carbonyl (C=O) groups excluding carboxylic acids is 1. The summed E-state index contributed by atoms with van der Waals surface area (Å²) in [4.78, 5) is 11.2. The highest BCUT2D eigenvalue weighted by Gasteiger charge is 2.23. The molecule has 0 fully saturated rings. The highest BCUT2D eigenvalue weighted by atomic mass is 35.5. The lowest BCUT2D eigenvalue weighted by Gasteiger charge is -2.22. The molecular formula is C12H17ClN4O2. The summed E-state index contributed by atoms with van der Waals surface area (Å²) in [7, 11) is 0. The lowest BCUT2D eigenvalue weighted by molar-refractivity contribution is -0.123. The Bertz CT molecular complexity index is 514. The maximum Gasteiger partial charge on any atom is 0.237 e. The zero-order chi connectivity index (χ0) is 14.6. The third-order valence-electron chi connectivity index (χ3n) is 2.79. The van der Waals surface area contributed by atoms with E-state index in [1.165, 1.54) is 0 Å². The zero-order valence-electron chi connectivity index (χ0n) is 10.8. The Morgan fingerprint density at radius 2 is 2.11 bits per heavy atom. The van der Waals surface area contributed by atoms with Gasteiger partial charge in [-0.15, -0.1) is 0 Å². The number of halogens is 1. The Labute approximate surface area is 116 Å². The first-order valence-corrected chi connectivity index (χ1v) is 5.97. The van der Waals surface area contributed by atoms with Gasteiger partial charge in [0, 0.05) is 17.1 Å². The number of oxime groups is 1. The normalized spacial score (nSPS) is 12.5. The molecule has 1 amide bonds. The molecule has 1 rings (SSSR count). The van der Waals surface area contributed by atoms with Gasteiger partial charge in [0.15, 0.2) is 5.84 Å². The molecule has 0 saturated heterocycles. The van der Waals surface area contributed by atoms with E-state index in [0.29, 0.717) is 17.1 Å². The van der Waals surface area contributed by atoms with Gasteiger partial charge in [-0.3, -0.25) is 10.1 Å². The number of amides is 1. The fourth-order valence-electron chi connectivity index (χ4n) is 1.31. The molecule has 0 heterocycles. The van der Waals surface area contributed by atoms with Crippen LogP contribution in [-0.2, 0) is 11.3 Å². The van der Waals surface area contributed by atoms with Gasteiger partial charge < -0.3 is 16.7 Å². The molecule has 6 N–H and O–H groups in total. The van der Waals surface area contributed by atoms with Crippen molar-refractivity contribution in [3.8, 4) is 0 Å². The first-order valence-electron chi connectivity index (χ1n) is 5.59. The van der Waals surface area contributed by atoms with Crippen LogP contribution in [0.1, 0.15) is 25.0 Å². The van der Waals surface area contributed by atoms with Gasteiger partial charge in [-0.25, -0.2) is 0 Å². The minimum Gasteiger partial charge on any atom is -0.409 e. The number of primary amides is 1. The molecule has 0 spiro atoms. The van der Waals surface area contributed by atoms with Crippen molar-refractivity contribution >= 4 is 23.3 Å². The average molecular weight is 285 g/mol. The second-order valence-corrected chi connectivity index (χ2v) is 5.04. The van der Waals surface area contributed by atoms with Gasteiger partial charge in [-0.1, -0.05) is 28.9 Å². The molecule has 1 aromatic carbocycles. The molecule has 0 atom stereocenters. The van der Waals surface area contributed by atoms with Gasteiger partial charge in [0.1, 0.15) is 0 Å². The van der Waals surface area contributed by atoms with Crippen LogP contribution < -0.4 is 16.8 Å². The van der Waals surface area contributed by atoms with Crippen LogP contribution in [0.2, 0.25) is 5.02 Å². The fourth-order valence-corrected chi connectivity index (χ4v) is 1.56. The summed E-state index contributed by atoms with van der Waals surface area (Å²) in [6, 6.07) is 5.00. The van der Waals surface area contributed by atoms with E-state index in [2.05, 4.69) is 10.5 Å². The highest BCUT2D eigenvalue weighted by molar-refractivity contribution is 6.31. The summed E-state index contributed by atoms with van der Waals surface area (Å²) in [5, 5.41) is 14.9. The molecule has 7 heteroatoms. The van der Waals surface area contributed by atoms with Crippen molar-refractivity contribution < 1.29 is 10.0 Å².